The number of hydrogen-bond donors (Lipinski definition) is 1. The molecule has 0 aliphatic heterocycles. The molecule has 3 rings (SSSR count). The average Bonchev–Trinajstić information content (AvgIpc) is 3.12. The summed E-state index contributed by atoms with van der Waals surface area (Å²) in [7, 11) is 0. The molecule has 1 saturated carbocycles. The Morgan fingerprint density at radius 2 is 1.83 bits per heavy atom. The van der Waals surface area contributed by atoms with Crippen LogP contribution in [0.15, 0.2) is 59.8 Å². The SMILES string of the molecule is C/C(=N\OCc1ccc(C2CCC(CO)C2)cc1)c1ccccc1. The quantitative estimate of drug-likeness (QED) is 0.628. The van der Waals surface area contributed by atoms with Crippen LogP contribution in [-0.2, 0) is 11.4 Å². The minimum absolute atomic E-state index is 0.321. The number of hydrogen-bond acceptors (Lipinski definition) is 3. The third-order valence-electron chi connectivity index (χ3n) is 4.87. The van der Waals surface area contributed by atoms with Crippen molar-refractivity contribution in [2.45, 2.75) is 38.7 Å². The predicted octanol–water partition coefficient (Wildman–Crippen LogP) is 4.50. The maximum absolute atomic E-state index is 9.27. The molecule has 0 spiro atoms. The first-order valence-corrected chi connectivity index (χ1v) is 8.68. The van der Waals surface area contributed by atoms with Crippen LogP contribution in [0.25, 0.3) is 0 Å². The number of nitrogens with zero attached hydrogens (tertiary/aromatic N) is 1. The van der Waals surface area contributed by atoms with Gasteiger partial charge in [0.2, 0.25) is 0 Å². The van der Waals surface area contributed by atoms with Crippen LogP contribution in [0.4, 0.5) is 0 Å². The van der Waals surface area contributed by atoms with Crippen LogP contribution < -0.4 is 0 Å². The van der Waals surface area contributed by atoms with Crippen molar-refractivity contribution in [1.82, 2.24) is 0 Å². The van der Waals surface area contributed by atoms with Crippen LogP contribution in [0, 0.1) is 5.92 Å². The van der Waals surface area contributed by atoms with E-state index >= 15 is 0 Å². The Morgan fingerprint density at radius 3 is 2.50 bits per heavy atom. The monoisotopic (exact) mass is 323 g/mol. The smallest absolute Gasteiger partial charge is 0.142 e. The molecule has 0 saturated heterocycles. The number of benzene rings is 2. The van der Waals surface area contributed by atoms with E-state index in [4.69, 9.17) is 4.84 Å². The largest absolute Gasteiger partial charge is 0.396 e. The standard InChI is InChI=1S/C21H25NO2/c1-16(19-5-3-2-4-6-19)22-24-15-17-7-10-20(11-8-17)21-12-9-18(13-21)14-23/h2-8,10-11,18,21,23H,9,12-15H2,1H3/b22-16+. The summed E-state index contributed by atoms with van der Waals surface area (Å²) < 4.78 is 0. The van der Waals surface area contributed by atoms with Gasteiger partial charge in [-0.2, -0.15) is 0 Å². The highest BCUT2D eigenvalue weighted by Gasteiger charge is 2.24. The number of aliphatic hydroxyl groups excluding tert-OH is 1. The Balaban J connectivity index is 1.53. The van der Waals surface area contributed by atoms with Gasteiger partial charge in [-0.25, -0.2) is 0 Å². The van der Waals surface area contributed by atoms with Gasteiger partial charge in [0.15, 0.2) is 0 Å². The van der Waals surface area contributed by atoms with Gasteiger partial charge < -0.3 is 9.94 Å². The highest BCUT2D eigenvalue weighted by molar-refractivity contribution is 5.98. The molecule has 3 heteroatoms. The van der Waals surface area contributed by atoms with E-state index < -0.39 is 0 Å². The van der Waals surface area contributed by atoms with Gasteiger partial charge in [0.25, 0.3) is 0 Å². The van der Waals surface area contributed by atoms with Crippen molar-refractivity contribution in [3.8, 4) is 0 Å². The zero-order chi connectivity index (χ0) is 16.8. The zero-order valence-electron chi connectivity index (χ0n) is 14.2. The second-order valence-corrected chi connectivity index (χ2v) is 6.62. The van der Waals surface area contributed by atoms with Gasteiger partial charge in [-0.05, 0) is 54.7 Å². The summed E-state index contributed by atoms with van der Waals surface area (Å²) in [6, 6.07) is 18.7. The first-order chi connectivity index (χ1) is 11.8. The van der Waals surface area contributed by atoms with Crippen LogP contribution in [0.3, 0.4) is 0 Å². The summed E-state index contributed by atoms with van der Waals surface area (Å²) in [6.45, 7) is 2.76. The molecule has 126 valence electrons. The molecule has 3 nitrogen and oxygen atoms in total. The van der Waals surface area contributed by atoms with Crippen molar-refractivity contribution in [3.63, 3.8) is 0 Å². The van der Waals surface area contributed by atoms with Crippen LogP contribution in [-0.4, -0.2) is 17.4 Å². The summed E-state index contributed by atoms with van der Waals surface area (Å²) in [5.74, 6) is 1.07. The molecular weight excluding hydrogens is 298 g/mol. The molecule has 0 bridgehead atoms. The molecule has 1 aliphatic rings. The lowest BCUT2D eigenvalue weighted by molar-refractivity contribution is 0.130. The molecule has 2 atom stereocenters. The first-order valence-electron chi connectivity index (χ1n) is 8.68. The molecule has 2 aromatic rings. The molecule has 1 N–H and O–H groups in total. The minimum atomic E-state index is 0.321. The van der Waals surface area contributed by atoms with Gasteiger partial charge in [0.05, 0.1) is 5.71 Å². The third kappa shape index (κ3) is 4.24. The predicted molar refractivity (Wildman–Crippen MR) is 97.1 cm³/mol. The number of oxime groups is 1. The zero-order valence-corrected chi connectivity index (χ0v) is 14.2. The normalized spacial score (nSPS) is 21.0. The van der Waals surface area contributed by atoms with Crippen LogP contribution >= 0.6 is 0 Å². The van der Waals surface area contributed by atoms with Crippen molar-refractivity contribution in [2.75, 3.05) is 6.61 Å². The molecule has 1 fully saturated rings. The van der Waals surface area contributed by atoms with E-state index in [0.717, 1.165) is 29.7 Å². The van der Waals surface area contributed by atoms with E-state index in [1.165, 1.54) is 12.0 Å². The third-order valence-corrected chi connectivity index (χ3v) is 4.87. The lowest BCUT2D eigenvalue weighted by Gasteiger charge is -2.11. The summed E-state index contributed by atoms with van der Waals surface area (Å²) >= 11 is 0. The topological polar surface area (TPSA) is 41.8 Å². The average molecular weight is 323 g/mol. The van der Waals surface area contributed by atoms with E-state index in [0.29, 0.717) is 25.0 Å². The molecule has 0 radical (unpaired) electrons. The maximum atomic E-state index is 9.27. The van der Waals surface area contributed by atoms with Crippen molar-refractivity contribution in [3.05, 3.63) is 71.3 Å². The summed E-state index contributed by atoms with van der Waals surface area (Å²) in [6.07, 6.45) is 3.42. The van der Waals surface area contributed by atoms with E-state index in [1.54, 1.807) is 0 Å². The molecule has 0 aromatic heterocycles. The Bertz CT molecular complexity index is 664. The first kappa shape index (κ1) is 16.7. The fourth-order valence-electron chi connectivity index (χ4n) is 3.37. The van der Waals surface area contributed by atoms with Gasteiger partial charge >= 0.3 is 0 Å². The summed E-state index contributed by atoms with van der Waals surface area (Å²) in [4.78, 5) is 5.49. The molecule has 0 amide bonds. The van der Waals surface area contributed by atoms with E-state index in [9.17, 15) is 5.11 Å². The lowest BCUT2D eigenvalue weighted by atomic mass is 9.95. The Kier molecular flexibility index (Phi) is 5.65. The molecule has 2 aromatic carbocycles. The molecular formula is C21H25NO2. The second kappa shape index (κ2) is 8.11. The highest BCUT2D eigenvalue weighted by Crippen LogP contribution is 2.37. The minimum Gasteiger partial charge on any atom is -0.396 e. The van der Waals surface area contributed by atoms with Gasteiger partial charge in [0, 0.05) is 6.61 Å². The summed E-state index contributed by atoms with van der Waals surface area (Å²) in [5, 5.41) is 13.5. The van der Waals surface area contributed by atoms with Crippen molar-refractivity contribution in [1.29, 1.82) is 0 Å². The van der Waals surface area contributed by atoms with Gasteiger partial charge in [-0.3, -0.25) is 0 Å². The Labute approximate surface area is 144 Å². The molecule has 0 heterocycles. The Hall–Kier alpha value is -2.13. The van der Waals surface area contributed by atoms with Crippen LogP contribution in [0.5, 0.6) is 0 Å². The maximum Gasteiger partial charge on any atom is 0.142 e. The van der Waals surface area contributed by atoms with Crippen molar-refractivity contribution >= 4 is 5.71 Å². The lowest BCUT2D eigenvalue weighted by Crippen LogP contribution is -2.00. The molecule has 1 aliphatic carbocycles. The van der Waals surface area contributed by atoms with Gasteiger partial charge in [0.1, 0.15) is 6.61 Å². The highest BCUT2D eigenvalue weighted by atomic mass is 16.6. The van der Waals surface area contributed by atoms with Crippen molar-refractivity contribution < 1.29 is 9.94 Å². The van der Waals surface area contributed by atoms with Crippen LogP contribution in [0.1, 0.15) is 48.8 Å². The number of aliphatic hydroxyl groups is 1. The summed E-state index contributed by atoms with van der Waals surface area (Å²) in [5.41, 5.74) is 4.46. The molecule has 24 heavy (non-hydrogen) atoms. The van der Waals surface area contributed by atoms with Gasteiger partial charge in [-0.15, -0.1) is 0 Å². The Morgan fingerprint density at radius 1 is 1.08 bits per heavy atom. The van der Waals surface area contributed by atoms with E-state index in [-0.39, 0.29) is 0 Å². The fraction of sp³-hybridized carbons (Fsp3) is 0.381. The van der Waals surface area contributed by atoms with Gasteiger partial charge in [-0.1, -0.05) is 59.8 Å². The van der Waals surface area contributed by atoms with E-state index in [2.05, 4.69) is 29.4 Å². The van der Waals surface area contributed by atoms with Crippen LogP contribution in [0.2, 0.25) is 0 Å². The molecule has 2 unspecified atom stereocenters. The number of rotatable bonds is 6. The second-order valence-electron chi connectivity index (χ2n) is 6.62. The van der Waals surface area contributed by atoms with Crippen molar-refractivity contribution in [2.24, 2.45) is 11.1 Å². The van der Waals surface area contributed by atoms with E-state index in [1.807, 2.05) is 37.3 Å². The fourth-order valence-corrected chi connectivity index (χ4v) is 3.37.